The van der Waals surface area contributed by atoms with Gasteiger partial charge >= 0.3 is 0 Å². The molecule has 16 heavy (non-hydrogen) atoms. The smallest absolute Gasteiger partial charge is 0.0496 e. The van der Waals surface area contributed by atoms with Crippen molar-refractivity contribution in [1.82, 2.24) is 0 Å². The zero-order valence-corrected chi connectivity index (χ0v) is 11.1. The van der Waals surface area contributed by atoms with Crippen molar-refractivity contribution < 1.29 is 0 Å². The van der Waals surface area contributed by atoms with Crippen molar-refractivity contribution in [3.8, 4) is 0 Å². The lowest BCUT2D eigenvalue weighted by Crippen LogP contribution is -1.98. The number of hydrogen-bond donors (Lipinski definition) is 1. The summed E-state index contributed by atoms with van der Waals surface area (Å²) < 4.78 is 0. The summed E-state index contributed by atoms with van der Waals surface area (Å²) in [6.07, 6.45) is 0. The van der Waals surface area contributed by atoms with Crippen molar-refractivity contribution >= 4 is 40.2 Å². The first-order valence-electron chi connectivity index (χ1n) is 4.88. The number of benzene rings is 1. The second-order valence-corrected chi connectivity index (χ2v) is 5.41. The molecule has 2 aromatic rings. The number of anilines is 1. The van der Waals surface area contributed by atoms with E-state index in [9.17, 15) is 0 Å². The van der Waals surface area contributed by atoms with E-state index < -0.39 is 0 Å². The Balaban J connectivity index is 2.07. The van der Waals surface area contributed by atoms with Crippen LogP contribution in [0.3, 0.4) is 0 Å². The fourth-order valence-electron chi connectivity index (χ4n) is 1.42. The van der Waals surface area contributed by atoms with Gasteiger partial charge in [0.15, 0.2) is 0 Å². The predicted octanol–water partition coefficient (Wildman–Crippen LogP) is 4.98. The summed E-state index contributed by atoms with van der Waals surface area (Å²) in [6.45, 7) is 2.92. The summed E-state index contributed by atoms with van der Waals surface area (Å²) in [6, 6.07) is 7.59. The zero-order chi connectivity index (χ0) is 11.5. The van der Waals surface area contributed by atoms with Crippen LogP contribution in [0.25, 0.3) is 0 Å². The first-order chi connectivity index (χ1) is 7.65. The second kappa shape index (κ2) is 5.09. The molecule has 0 unspecified atom stereocenters. The highest BCUT2D eigenvalue weighted by Gasteiger charge is 2.01. The van der Waals surface area contributed by atoms with Crippen LogP contribution in [0, 0.1) is 6.92 Å². The summed E-state index contributed by atoms with van der Waals surface area (Å²) in [7, 11) is 0. The van der Waals surface area contributed by atoms with Crippen LogP contribution < -0.4 is 5.32 Å². The monoisotopic (exact) mass is 271 g/mol. The highest BCUT2D eigenvalue weighted by molar-refractivity contribution is 7.10. The van der Waals surface area contributed by atoms with E-state index in [0.717, 1.165) is 12.2 Å². The Bertz CT molecular complexity index is 473. The topological polar surface area (TPSA) is 12.0 Å². The zero-order valence-electron chi connectivity index (χ0n) is 8.76. The maximum atomic E-state index is 5.92. The number of nitrogens with one attached hydrogen (secondary N) is 1. The molecule has 0 aliphatic rings. The lowest BCUT2D eigenvalue weighted by Gasteiger charge is -2.06. The molecule has 0 amide bonds. The summed E-state index contributed by atoms with van der Waals surface area (Å²) >= 11 is 13.6. The molecule has 4 heteroatoms. The lowest BCUT2D eigenvalue weighted by atomic mass is 10.2. The quantitative estimate of drug-likeness (QED) is 0.831. The first-order valence-corrected chi connectivity index (χ1v) is 6.51. The number of halogens is 2. The van der Waals surface area contributed by atoms with Gasteiger partial charge in [0.25, 0.3) is 0 Å². The van der Waals surface area contributed by atoms with Crippen molar-refractivity contribution in [2.45, 2.75) is 13.5 Å². The fraction of sp³-hybridized carbons (Fsp3) is 0.167. The fourth-order valence-corrected chi connectivity index (χ4v) is 2.80. The molecule has 0 aliphatic carbocycles. The molecule has 1 nitrogen and oxygen atoms in total. The van der Waals surface area contributed by atoms with Crippen LogP contribution in [-0.2, 0) is 6.54 Å². The van der Waals surface area contributed by atoms with E-state index in [1.807, 2.05) is 12.1 Å². The minimum atomic E-state index is 0.651. The summed E-state index contributed by atoms with van der Waals surface area (Å²) in [5.41, 5.74) is 2.26. The lowest BCUT2D eigenvalue weighted by molar-refractivity contribution is 1.17. The van der Waals surface area contributed by atoms with Gasteiger partial charge < -0.3 is 5.32 Å². The number of hydrogen-bond acceptors (Lipinski definition) is 2. The largest absolute Gasteiger partial charge is 0.380 e. The maximum Gasteiger partial charge on any atom is 0.0496 e. The van der Waals surface area contributed by atoms with E-state index >= 15 is 0 Å². The van der Waals surface area contributed by atoms with Crippen molar-refractivity contribution in [3.05, 3.63) is 50.1 Å². The van der Waals surface area contributed by atoms with E-state index in [1.54, 1.807) is 17.4 Å². The molecule has 1 heterocycles. The van der Waals surface area contributed by atoms with Gasteiger partial charge in [0.1, 0.15) is 0 Å². The van der Waals surface area contributed by atoms with Crippen LogP contribution >= 0.6 is 34.5 Å². The first kappa shape index (κ1) is 11.8. The van der Waals surface area contributed by atoms with E-state index in [4.69, 9.17) is 23.2 Å². The van der Waals surface area contributed by atoms with Crippen LogP contribution in [0.15, 0.2) is 29.6 Å². The molecule has 0 fully saturated rings. The highest BCUT2D eigenvalue weighted by atomic mass is 35.5. The Hall–Kier alpha value is -0.700. The average Bonchev–Trinajstić information content (AvgIpc) is 2.59. The van der Waals surface area contributed by atoms with E-state index in [-0.39, 0.29) is 0 Å². The van der Waals surface area contributed by atoms with Crippen LogP contribution in [-0.4, -0.2) is 0 Å². The number of rotatable bonds is 3. The third-order valence-electron chi connectivity index (χ3n) is 2.28. The van der Waals surface area contributed by atoms with Gasteiger partial charge in [0.05, 0.1) is 0 Å². The van der Waals surface area contributed by atoms with Gasteiger partial charge in [-0.15, -0.1) is 11.3 Å². The Kier molecular flexibility index (Phi) is 3.74. The number of thiophene rings is 1. The van der Waals surface area contributed by atoms with Gasteiger partial charge in [-0.05, 0) is 42.1 Å². The van der Waals surface area contributed by atoms with Crippen LogP contribution in [0.4, 0.5) is 5.69 Å². The second-order valence-electron chi connectivity index (χ2n) is 3.54. The summed E-state index contributed by atoms with van der Waals surface area (Å²) in [5.74, 6) is 0. The number of aryl methyl sites for hydroxylation is 1. The van der Waals surface area contributed by atoms with Crippen molar-refractivity contribution in [2.75, 3.05) is 5.32 Å². The van der Waals surface area contributed by atoms with Gasteiger partial charge in [-0.25, -0.2) is 0 Å². The molecule has 84 valence electrons. The summed E-state index contributed by atoms with van der Waals surface area (Å²) in [5, 5.41) is 6.71. The Morgan fingerprint density at radius 2 is 1.88 bits per heavy atom. The average molecular weight is 272 g/mol. The van der Waals surface area contributed by atoms with Gasteiger partial charge in [-0.2, -0.15) is 0 Å². The molecule has 1 N–H and O–H groups in total. The van der Waals surface area contributed by atoms with Gasteiger partial charge in [0, 0.05) is 27.2 Å². The maximum absolute atomic E-state index is 5.92. The van der Waals surface area contributed by atoms with Crippen molar-refractivity contribution in [3.63, 3.8) is 0 Å². The van der Waals surface area contributed by atoms with Gasteiger partial charge in [-0.1, -0.05) is 23.2 Å². The third-order valence-corrected chi connectivity index (χ3v) is 3.74. The van der Waals surface area contributed by atoms with Gasteiger partial charge in [0.2, 0.25) is 0 Å². The molecule has 0 bridgehead atoms. The molecular weight excluding hydrogens is 261 g/mol. The highest BCUT2D eigenvalue weighted by Crippen LogP contribution is 2.24. The summed E-state index contributed by atoms with van der Waals surface area (Å²) in [4.78, 5) is 1.33. The van der Waals surface area contributed by atoms with Gasteiger partial charge in [-0.3, -0.25) is 0 Å². The van der Waals surface area contributed by atoms with Crippen LogP contribution in [0.1, 0.15) is 10.4 Å². The predicted molar refractivity (Wildman–Crippen MR) is 72.8 cm³/mol. The SMILES string of the molecule is Cc1ccsc1CNc1cc(Cl)cc(Cl)c1. The Labute approximate surface area is 109 Å². The third kappa shape index (κ3) is 2.91. The Morgan fingerprint density at radius 3 is 2.44 bits per heavy atom. The normalized spacial score (nSPS) is 10.4. The van der Waals surface area contributed by atoms with E-state index in [2.05, 4.69) is 23.7 Å². The molecule has 0 aliphatic heterocycles. The minimum absolute atomic E-state index is 0.651. The molecule has 0 spiro atoms. The molecule has 1 aromatic heterocycles. The van der Waals surface area contributed by atoms with Crippen molar-refractivity contribution in [1.29, 1.82) is 0 Å². The molecule has 1 aromatic carbocycles. The standard InChI is InChI=1S/C12H11Cl2NS/c1-8-2-3-16-12(8)7-15-11-5-9(13)4-10(14)6-11/h2-6,15H,7H2,1H3. The molecule has 0 atom stereocenters. The van der Waals surface area contributed by atoms with E-state index in [0.29, 0.717) is 10.0 Å². The van der Waals surface area contributed by atoms with Crippen LogP contribution in [0.2, 0.25) is 10.0 Å². The molecule has 0 radical (unpaired) electrons. The molecule has 0 saturated carbocycles. The molecule has 0 saturated heterocycles. The molecule has 2 rings (SSSR count). The van der Waals surface area contributed by atoms with Crippen molar-refractivity contribution in [2.24, 2.45) is 0 Å². The molecular formula is C12H11Cl2NS. The van der Waals surface area contributed by atoms with E-state index in [1.165, 1.54) is 10.4 Å². The van der Waals surface area contributed by atoms with Crippen LogP contribution in [0.5, 0.6) is 0 Å². The minimum Gasteiger partial charge on any atom is -0.380 e. The Morgan fingerprint density at radius 1 is 1.19 bits per heavy atom.